The zero-order valence-electron chi connectivity index (χ0n) is 12.4. The molecule has 0 radical (unpaired) electrons. The fourth-order valence-electron chi connectivity index (χ4n) is 2.57. The maximum Gasteiger partial charge on any atom is 0.167 e. The minimum atomic E-state index is 0.177. The van der Waals surface area contributed by atoms with Crippen LogP contribution in [-0.2, 0) is 6.42 Å². The lowest BCUT2D eigenvalue weighted by Crippen LogP contribution is -2.07. The molecule has 0 saturated carbocycles. The molecular formula is C18H19BrO. The monoisotopic (exact) mass is 330 g/mol. The molecule has 0 unspecified atom stereocenters. The van der Waals surface area contributed by atoms with Crippen LogP contribution < -0.4 is 0 Å². The van der Waals surface area contributed by atoms with Gasteiger partial charge in [-0.3, -0.25) is 4.79 Å². The van der Waals surface area contributed by atoms with Gasteiger partial charge in [0.15, 0.2) is 5.78 Å². The molecule has 0 aromatic heterocycles. The van der Waals surface area contributed by atoms with Crippen molar-refractivity contribution >= 4 is 21.7 Å². The van der Waals surface area contributed by atoms with Gasteiger partial charge in [0.1, 0.15) is 0 Å². The number of rotatable bonds is 3. The average molecular weight is 331 g/mol. The van der Waals surface area contributed by atoms with Crippen LogP contribution in [0.1, 0.15) is 38.2 Å². The molecule has 2 aromatic carbocycles. The maximum absolute atomic E-state index is 12.5. The van der Waals surface area contributed by atoms with Crippen LogP contribution in [0.3, 0.4) is 0 Å². The molecule has 0 saturated heterocycles. The molecule has 2 heteroatoms. The summed E-state index contributed by atoms with van der Waals surface area (Å²) in [5.41, 5.74) is 6.67. The van der Waals surface area contributed by atoms with Crippen molar-refractivity contribution < 1.29 is 4.79 Å². The van der Waals surface area contributed by atoms with E-state index in [0.29, 0.717) is 6.42 Å². The van der Waals surface area contributed by atoms with E-state index in [1.54, 1.807) is 0 Å². The second-order valence-electron chi connectivity index (χ2n) is 5.44. The number of ketones is 1. The van der Waals surface area contributed by atoms with Gasteiger partial charge in [-0.05, 0) is 62.1 Å². The number of halogens is 1. The van der Waals surface area contributed by atoms with Crippen LogP contribution in [0.4, 0.5) is 0 Å². The van der Waals surface area contributed by atoms with Crippen LogP contribution in [0.15, 0.2) is 34.8 Å². The molecule has 104 valence electrons. The van der Waals surface area contributed by atoms with Gasteiger partial charge < -0.3 is 0 Å². The lowest BCUT2D eigenvalue weighted by molar-refractivity contribution is 0.0992. The molecule has 2 aromatic rings. The highest BCUT2D eigenvalue weighted by molar-refractivity contribution is 9.10. The van der Waals surface area contributed by atoms with Gasteiger partial charge in [-0.25, -0.2) is 0 Å². The minimum absolute atomic E-state index is 0.177. The van der Waals surface area contributed by atoms with Crippen LogP contribution in [-0.4, -0.2) is 5.78 Å². The highest BCUT2D eigenvalue weighted by Crippen LogP contribution is 2.21. The molecule has 0 spiro atoms. The molecule has 1 nitrogen and oxygen atoms in total. The van der Waals surface area contributed by atoms with Crippen molar-refractivity contribution in [3.05, 3.63) is 68.2 Å². The quantitative estimate of drug-likeness (QED) is 0.715. The second-order valence-corrected chi connectivity index (χ2v) is 6.30. The van der Waals surface area contributed by atoms with E-state index in [1.807, 2.05) is 25.1 Å². The van der Waals surface area contributed by atoms with Crippen molar-refractivity contribution in [2.24, 2.45) is 0 Å². The third-order valence-corrected chi connectivity index (χ3v) is 4.55. The molecule has 0 bridgehead atoms. The molecule has 0 aliphatic carbocycles. The van der Waals surface area contributed by atoms with E-state index < -0.39 is 0 Å². The van der Waals surface area contributed by atoms with Crippen molar-refractivity contribution in [1.29, 1.82) is 0 Å². The number of aryl methyl sites for hydroxylation is 4. The normalized spacial score (nSPS) is 10.7. The van der Waals surface area contributed by atoms with Crippen LogP contribution >= 0.6 is 15.9 Å². The van der Waals surface area contributed by atoms with E-state index in [1.165, 1.54) is 16.7 Å². The van der Waals surface area contributed by atoms with Gasteiger partial charge >= 0.3 is 0 Å². The number of carbonyl (C=O) groups is 1. The number of hydrogen-bond donors (Lipinski definition) is 0. The van der Waals surface area contributed by atoms with Gasteiger partial charge in [0.2, 0.25) is 0 Å². The molecule has 0 atom stereocenters. The fraction of sp³-hybridized carbons (Fsp3) is 0.278. The summed E-state index contributed by atoms with van der Waals surface area (Å²) < 4.78 is 1.04. The van der Waals surface area contributed by atoms with Crippen LogP contribution in [0, 0.1) is 27.7 Å². The Kier molecular flexibility index (Phi) is 4.44. The lowest BCUT2D eigenvalue weighted by atomic mass is 9.93. The summed E-state index contributed by atoms with van der Waals surface area (Å²) in [6, 6.07) is 10.1. The fourth-order valence-corrected chi connectivity index (χ4v) is 2.82. The van der Waals surface area contributed by atoms with E-state index in [4.69, 9.17) is 0 Å². The van der Waals surface area contributed by atoms with Gasteiger partial charge in [-0.2, -0.15) is 0 Å². The predicted octanol–water partition coefficient (Wildman–Crippen LogP) is 5.11. The van der Waals surface area contributed by atoms with Gasteiger partial charge in [0.05, 0.1) is 0 Å². The Morgan fingerprint density at radius 3 is 2.10 bits per heavy atom. The van der Waals surface area contributed by atoms with E-state index in [9.17, 15) is 4.79 Å². The summed E-state index contributed by atoms with van der Waals surface area (Å²) in [6.07, 6.45) is 0.471. The molecule has 20 heavy (non-hydrogen) atoms. The van der Waals surface area contributed by atoms with Crippen molar-refractivity contribution in [3.8, 4) is 0 Å². The summed E-state index contributed by atoms with van der Waals surface area (Å²) >= 11 is 3.47. The first-order chi connectivity index (χ1) is 9.38. The van der Waals surface area contributed by atoms with Gasteiger partial charge in [0.25, 0.3) is 0 Å². The third-order valence-electron chi connectivity index (χ3n) is 3.66. The molecular weight excluding hydrogens is 312 g/mol. The van der Waals surface area contributed by atoms with Gasteiger partial charge in [-0.15, -0.1) is 0 Å². The number of benzene rings is 2. The minimum Gasteiger partial charge on any atom is -0.294 e. The predicted molar refractivity (Wildman–Crippen MR) is 87.6 cm³/mol. The molecule has 0 fully saturated rings. The summed E-state index contributed by atoms with van der Waals surface area (Å²) in [6.45, 7) is 8.25. The Labute approximate surface area is 129 Å². The molecule has 2 rings (SSSR count). The Morgan fingerprint density at radius 1 is 0.950 bits per heavy atom. The Balaban J connectivity index is 2.30. The van der Waals surface area contributed by atoms with Crippen molar-refractivity contribution in [3.63, 3.8) is 0 Å². The Morgan fingerprint density at radius 2 is 1.55 bits per heavy atom. The van der Waals surface area contributed by atoms with Gasteiger partial charge in [0, 0.05) is 16.5 Å². The standard InChI is InChI=1S/C18H19BrO/c1-11-7-12(2)16(13(3)8-11)10-18(20)15-5-6-17(19)14(4)9-15/h5-9H,10H2,1-4H3. The topological polar surface area (TPSA) is 17.1 Å². The highest BCUT2D eigenvalue weighted by Gasteiger charge is 2.12. The van der Waals surface area contributed by atoms with E-state index in [0.717, 1.165) is 21.2 Å². The first-order valence-corrected chi connectivity index (χ1v) is 7.54. The SMILES string of the molecule is Cc1cc(C)c(CC(=O)c2ccc(Br)c(C)c2)c(C)c1. The highest BCUT2D eigenvalue weighted by atomic mass is 79.9. The van der Waals surface area contributed by atoms with Crippen LogP contribution in [0.25, 0.3) is 0 Å². The van der Waals surface area contributed by atoms with E-state index >= 15 is 0 Å². The summed E-state index contributed by atoms with van der Waals surface area (Å²) in [5.74, 6) is 0.177. The molecule has 0 aliphatic rings. The summed E-state index contributed by atoms with van der Waals surface area (Å²) in [7, 11) is 0. The number of carbonyl (C=O) groups excluding carboxylic acids is 1. The summed E-state index contributed by atoms with van der Waals surface area (Å²) in [4.78, 5) is 12.5. The van der Waals surface area contributed by atoms with Crippen molar-refractivity contribution in [1.82, 2.24) is 0 Å². The molecule has 0 amide bonds. The van der Waals surface area contributed by atoms with E-state index in [-0.39, 0.29) is 5.78 Å². The second kappa shape index (κ2) is 5.92. The third kappa shape index (κ3) is 3.18. The number of hydrogen-bond acceptors (Lipinski definition) is 1. The number of Topliss-reactive ketones (excluding diaryl/α,β-unsaturated/α-hetero) is 1. The van der Waals surface area contributed by atoms with E-state index in [2.05, 4.69) is 48.8 Å². The first kappa shape index (κ1) is 15.0. The van der Waals surface area contributed by atoms with Gasteiger partial charge in [-0.1, -0.05) is 39.7 Å². The largest absolute Gasteiger partial charge is 0.294 e. The molecule has 0 heterocycles. The zero-order valence-corrected chi connectivity index (χ0v) is 14.0. The van der Waals surface area contributed by atoms with Crippen molar-refractivity contribution in [2.45, 2.75) is 34.1 Å². The summed E-state index contributed by atoms with van der Waals surface area (Å²) in [5, 5.41) is 0. The molecule has 0 N–H and O–H groups in total. The Bertz CT molecular complexity index is 648. The molecule has 0 aliphatic heterocycles. The lowest BCUT2D eigenvalue weighted by Gasteiger charge is -2.11. The smallest absolute Gasteiger partial charge is 0.167 e. The van der Waals surface area contributed by atoms with Crippen molar-refractivity contribution in [2.75, 3.05) is 0 Å². The van der Waals surface area contributed by atoms with Crippen LogP contribution in [0.2, 0.25) is 0 Å². The Hall–Kier alpha value is -1.41. The zero-order chi connectivity index (χ0) is 14.9. The average Bonchev–Trinajstić information content (AvgIpc) is 2.36. The van der Waals surface area contributed by atoms with Crippen LogP contribution in [0.5, 0.6) is 0 Å². The first-order valence-electron chi connectivity index (χ1n) is 6.74. The maximum atomic E-state index is 12.5.